The molecule has 2 fully saturated rings. The lowest BCUT2D eigenvalue weighted by atomic mass is 9.90. The van der Waals surface area contributed by atoms with E-state index >= 15 is 0 Å². The van der Waals surface area contributed by atoms with Crippen LogP contribution in [0.4, 0.5) is 0 Å². The molecule has 0 spiro atoms. The lowest BCUT2D eigenvalue weighted by Crippen LogP contribution is -2.39. The Kier molecular flexibility index (Phi) is 7.02. The average molecular weight is 445 g/mol. The zero-order valence-electron chi connectivity index (χ0n) is 17.4. The van der Waals surface area contributed by atoms with Gasteiger partial charge in [-0.25, -0.2) is 18.7 Å². The number of carbonyl (C=O) groups is 1. The first-order chi connectivity index (χ1) is 15.1. The van der Waals surface area contributed by atoms with Crippen LogP contribution in [0.15, 0.2) is 59.5 Å². The van der Waals surface area contributed by atoms with Crippen LogP contribution in [0, 0.1) is 0 Å². The van der Waals surface area contributed by atoms with Crippen molar-refractivity contribution in [1.82, 2.24) is 9.79 Å². The zero-order chi connectivity index (χ0) is 21.7. The van der Waals surface area contributed by atoms with Crippen molar-refractivity contribution in [3.8, 4) is 0 Å². The summed E-state index contributed by atoms with van der Waals surface area (Å²) in [4.78, 5) is 18.0. The SMILES string of the molecule is O=C(NOC1CCCCO1)c1ccccc1S(=O)(=O)N1CCC(c2ccccc2)CC1. The van der Waals surface area contributed by atoms with Crippen LogP contribution in [0.5, 0.6) is 0 Å². The second-order valence-electron chi connectivity index (χ2n) is 7.93. The summed E-state index contributed by atoms with van der Waals surface area (Å²) < 4.78 is 33.6. The maximum absolute atomic E-state index is 13.3. The van der Waals surface area contributed by atoms with Crippen LogP contribution in [-0.4, -0.2) is 44.6 Å². The van der Waals surface area contributed by atoms with Crippen molar-refractivity contribution in [3.63, 3.8) is 0 Å². The maximum atomic E-state index is 13.3. The van der Waals surface area contributed by atoms with Crippen LogP contribution < -0.4 is 5.48 Å². The molecule has 1 amide bonds. The van der Waals surface area contributed by atoms with Gasteiger partial charge in [0.25, 0.3) is 5.91 Å². The Balaban J connectivity index is 1.44. The standard InChI is InChI=1S/C23H28N2O5S/c26-23(24-30-22-12-6-7-17-29-22)20-10-4-5-11-21(20)31(27,28)25-15-13-19(14-16-25)18-8-2-1-3-9-18/h1-5,8-11,19,22H,6-7,12-17H2,(H,24,26). The van der Waals surface area contributed by atoms with E-state index in [4.69, 9.17) is 9.57 Å². The predicted molar refractivity (Wildman–Crippen MR) is 116 cm³/mol. The summed E-state index contributed by atoms with van der Waals surface area (Å²) >= 11 is 0. The summed E-state index contributed by atoms with van der Waals surface area (Å²) in [6.45, 7) is 1.43. The van der Waals surface area contributed by atoms with Crippen LogP contribution in [0.3, 0.4) is 0 Å². The van der Waals surface area contributed by atoms with E-state index in [1.54, 1.807) is 12.1 Å². The highest BCUT2D eigenvalue weighted by atomic mass is 32.2. The Morgan fingerprint density at radius 2 is 1.68 bits per heavy atom. The molecule has 0 bridgehead atoms. The van der Waals surface area contributed by atoms with Crippen molar-refractivity contribution in [1.29, 1.82) is 0 Å². The summed E-state index contributed by atoms with van der Waals surface area (Å²) in [6.07, 6.45) is 3.62. The molecule has 0 aromatic heterocycles. The van der Waals surface area contributed by atoms with Crippen molar-refractivity contribution >= 4 is 15.9 Å². The van der Waals surface area contributed by atoms with Gasteiger partial charge in [-0.1, -0.05) is 42.5 Å². The van der Waals surface area contributed by atoms with Gasteiger partial charge in [-0.05, 0) is 49.3 Å². The van der Waals surface area contributed by atoms with Gasteiger partial charge in [0.05, 0.1) is 10.5 Å². The zero-order valence-corrected chi connectivity index (χ0v) is 18.2. The molecule has 0 saturated carbocycles. The summed E-state index contributed by atoms with van der Waals surface area (Å²) in [5.41, 5.74) is 3.68. The number of amides is 1. The molecule has 2 aromatic carbocycles. The van der Waals surface area contributed by atoms with Gasteiger partial charge in [-0.2, -0.15) is 4.31 Å². The highest BCUT2D eigenvalue weighted by Gasteiger charge is 2.32. The van der Waals surface area contributed by atoms with Gasteiger partial charge < -0.3 is 4.74 Å². The average Bonchev–Trinajstić information content (AvgIpc) is 2.84. The fourth-order valence-electron chi connectivity index (χ4n) is 4.15. The number of nitrogens with one attached hydrogen (secondary N) is 1. The number of hydroxylamine groups is 1. The predicted octanol–water partition coefficient (Wildman–Crippen LogP) is 3.44. The number of piperidine rings is 1. The van der Waals surface area contributed by atoms with Crippen LogP contribution in [0.25, 0.3) is 0 Å². The van der Waals surface area contributed by atoms with Gasteiger partial charge in [-0.15, -0.1) is 0 Å². The minimum atomic E-state index is -3.80. The summed E-state index contributed by atoms with van der Waals surface area (Å²) in [6, 6.07) is 16.4. The van der Waals surface area contributed by atoms with Gasteiger partial charge in [0.2, 0.25) is 10.0 Å². The molecule has 0 radical (unpaired) electrons. The molecule has 2 aliphatic rings. The number of hydrogen-bond acceptors (Lipinski definition) is 5. The minimum absolute atomic E-state index is 0.00109. The molecule has 1 N–H and O–H groups in total. The fourth-order valence-corrected chi connectivity index (χ4v) is 5.81. The van der Waals surface area contributed by atoms with E-state index in [2.05, 4.69) is 17.6 Å². The molecule has 2 heterocycles. The van der Waals surface area contributed by atoms with E-state index in [0.29, 0.717) is 32.0 Å². The molecule has 0 aliphatic carbocycles. The van der Waals surface area contributed by atoms with E-state index in [0.717, 1.165) is 25.7 Å². The highest BCUT2D eigenvalue weighted by molar-refractivity contribution is 7.89. The molecular weight excluding hydrogens is 416 g/mol. The normalized spacial score (nSPS) is 21.0. The number of carbonyl (C=O) groups excluding carboxylic acids is 1. The molecule has 1 unspecified atom stereocenters. The van der Waals surface area contributed by atoms with Crippen molar-refractivity contribution in [2.24, 2.45) is 0 Å². The van der Waals surface area contributed by atoms with Gasteiger partial charge in [0.15, 0.2) is 6.29 Å². The third kappa shape index (κ3) is 5.15. The number of sulfonamides is 1. The number of benzene rings is 2. The van der Waals surface area contributed by atoms with Crippen molar-refractivity contribution in [2.75, 3.05) is 19.7 Å². The Bertz CT molecular complexity index is 982. The van der Waals surface area contributed by atoms with Gasteiger partial charge in [-0.3, -0.25) is 4.79 Å². The van der Waals surface area contributed by atoms with Crippen molar-refractivity contribution in [2.45, 2.75) is 49.2 Å². The van der Waals surface area contributed by atoms with E-state index in [1.165, 1.54) is 22.0 Å². The van der Waals surface area contributed by atoms with Gasteiger partial charge in [0.1, 0.15) is 0 Å². The third-order valence-electron chi connectivity index (χ3n) is 5.90. The lowest BCUT2D eigenvalue weighted by molar-refractivity contribution is -0.186. The monoisotopic (exact) mass is 444 g/mol. The van der Waals surface area contributed by atoms with Gasteiger partial charge >= 0.3 is 0 Å². The largest absolute Gasteiger partial charge is 0.350 e. The quantitative estimate of drug-likeness (QED) is 0.690. The maximum Gasteiger partial charge on any atom is 0.276 e. The molecule has 2 saturated heterocycles. The second-order valence-corrected chi connectivity index (χ2v) is 9.84. The summed E-state index contributed by atoms with van der Waals surface area (Å²) in [7, 11) is -3.80. The van der Waals surface area contributed by atoms with Gasteiger partial charge in [0, 0.05) is 26.1 Å². The minimum Gasteiger partial charge on any atom is -0.350 e. The summed E-state index contributed by atoms with van der Waals surface area (Å²) in [5, 5.41) is 0. The highest BCUT2D eigenvalue weighted by Crippen LogP contribution is 2.31. The van der Waals surface area contributed by atoms with E-state index in [9.17, 15) is 13.2 Å². The van der Waals surface area contributed by atoms with Crippen LogP contribution in [0.1, 0.15) is 53.9 Å². The number of rotatable bonds is 6. The smallest absolute Gasteiger partial charge is 0.276 e. The first kappa shape index (κ1) is 22.0. The molecular formula is C23H28N2O5S. The molecule has 8 heteroatoms. The molecule has 31 heavy (non-hydrogen) atoms. The van der Waals surface area contributed by atoms with E-state index < -0.39 is 22.2 Å². The Hall–Kier alpha value is -2.26. The van der Waals surface area contributed by atoms with E-state index in [1.807, 2.05) is 18.2 Å². The molecule has 2 aliphatic heterocycles. The second kappa shape index (κ2) is 9.91. The molecule has 7 nitrogen and oxygen atoms in total. The lowest BCUT2D eigenvalue weighted by Gasteiger charge is -2.31. The van der Waals surface area contributed by atoms with Crippen molar-refractivity contribution in [3.05, 3.63) is 65.7 Å². The number of hydrogen-bond donors (Lipinski definition) is 1. The fraction of sp³-hybridized carbons (Fsp3) is 0.435. The third-order valence-corrected chi connectivity index (χ3v) is 7.85. The molecule has 166 valence electrons. The topological polar surface area (TPSA) is 84.9 Å². The van der Waals surface area contributed by atoms with Crippen molar-refractivity contribution < 1.29 is 22.8 Å². The van der Waals surface area contributed by atoms with Crippen LogP contribution in [-0.2, 0) is 19.6 Å². The van der Waals surface area contributed by atoms with Crippen LogP contribution in [0.2, 0.25) is 0 Å². The Morgan fingerprint density at radius 3 is 2.39 bits per heavy atom. The molecule has 4 rings (SSSR count). The first-order valence-electron chi connectivity index (χ1n) is 10.8. The van der Waals surface area contributed by atoms with Crippen LogP contribution >= 0.6 is 0 Å². The summed E-state index contributed by atoms with van der Waals surface area (Å²) in [5.74, 6) is -0.248. The first-order valence-corrected chi connectivity index (χ1v) is 12.2. The molecule has 2 aromatic rings. The molecule has 1 atom stereocenters. The number of nitrogens with zero attached hydrogens (tertiary/aromatic N) is 1. The van der Waals surface area contributed by atoms with E-state index in [-0.39, 0.29) is 10.5 Å². The Morgan fingerprint density at radius 1 is 0.968 bits per heavy atom. The Labute approximate surface area is 183 Å². The number of ether oxygens (including phenoxy) is 1.